The lowest BCUT2D eigenvalue weighted by atomic mass is 10.1. The SMILES string of the molecule is CCOCC(C)NC(=O)Nc1cccc(C(=O)O)c1C. The number of carbonyl (C=O) groups excluding carboxylic acids is 1. The zero-order valence-electron chi connectivity index (χ0n) is 11.9. The van der Waals surface area contributed by atoms with E-state index in [4.69, 9.17) is 9.84 Å². The van der Waals surface area contributed by atoms with Gasteiger partial charge in [0.15, 0.2) is 0 Å². The maximum absolute atomic E-state index is 11.8. The Bertz CT molecular complexity index is 488. The molecule has 0 bridgehead atoms. The van der Waals surface area contributed by atoms with Crippen molar-refractivity contribution >= 4 is 17.7 Å². The Hall–Kier alpha value is -2.08. The van der Waals surface area contributed by atoms with Crippen LogP contribution in [0.5, 0.6) is 0 Å². The molecule has 6 heteroatoms. The molecule has 0 saturated heterocycles. The Morgan fingerprint density at radius 1 is 1.40 bits per heavy atom. The lowest BCUT2D eigenvalue weighted by Crippen LogP contribution is -2.39. The van der Waals surface area contributed by atoms with Crippen LogP contribution in [0.25, 0.3) is 0 Å². The van der Waals surface area contributed by atoms with Gasteiger partial charge in [0.25, 0.3) is 0 Å². The van der Waals surface area contributed by atoms with Crippen molar-refractivity contribution in [3.8, 4) is 0 Å². The van der Waals surface area contributed by atoms with Crippen molar-refractivity contribution in [1.82, 2.24) is 5.32 Å². The second-order valence-corrected chi connectivity index (χ2v) is 4.44. The number of hydrogen-bond acceptors (Lipinski definition) is 3. The number of rotatable bonds is 6. The molecule has 1 rings (SSSR count). The molecule has 0 aliphatic heterocycles. The first-order valence-corrected chi connectivity index (χ1v) is 6.43. The fourth-order valence-electron chi connectivity index (χ4n) is 1.72. The third-order valence-corrected chi connectivity index (χ3v) is 2.76. The molecule has 6 nitrogen and oxygen atoms in total. The quantitative estimate of drug-likeness (QED) is 0.745. The first kappa shape index (κ1) is 16.0. The summed E-state index contributed by atoms with van der Waals surface area (Å²) in [5.41, 5.74) is 1.17. The Morgan fingerprint density at radius 2 is 2.10 bits per heavy atom. The summed E-state index contributed by atoms with van der Waals surface area (Å²) in [5, 5.41) is 14.4. The van der Waals surface area contributed by atoms with Crippen LogP contribution < -0.4 is 10.6 Å². The van der Waals surface area contributed by atoms with Gasteiger partial charge < -0.3 is 20.5 Å². The van der Waals surface area contributed by atoms with Crippen molar-refractivity contribution in [1.29, 1.82) is 0 Å². The van der Waals surface area contributed by atoms with Crippen molar-refractivity contribution in [2.24, 2.45) is 0 Å². The molecule has 2 amide bonds. The van der Waals surface area contributed by atoms with Crippen LogP contribution in [0.2, 0.25) is 0 Å². The molecule has 0 saturated carbocycles. The van der Waals surface area contributed by atoms with Crippen molar-refractivity contribution in [2.45, 2.75) is 26.8 Å². The fourth-order valence-corrected chi connectivity index (χ4v) is 1.72. The van der Waals surface area contributed by atoms with Gasteiger partial charge in [0, 0.05) is 12.3 Å². The third kappa shape index (κ3) is 4.55. The topological polar surface area (TPSA) is 87.7 Å². The predicted molar refractivity (Wildman–Crippen MR) is 76.2 cm³/mol. The largest absolute Gasteiger partial charge is 0.478 e. The van der Waals surface area contributed by atoms with Gasteiger partial charge in [0.1, 0.15) is 0 Å². The maximum Gasteiger partial charge on any atom is 0.336 e. The van der Waals surface area contributed by atoms with E-state index in [2.05, 4.69) is 10.6 Å². The third-order valence-electron chi connectivity index (χ3n) is 2.76. The molecule has 0 fully saturated rings. The highest BCUT2D eigenvalue weighted by Crippen LogP contribution is 2.18. The first-order chi connectivity index (χ1) is 9.45. The van der Waals surface area contributed by atoms with Crippen molar-refractivity contribution in [3.05, 3.63) is 29.3 Å². The number of carbonyl (C=O) groups is 2. The monoisotopic (exact) mass is 280 g/mol. The van der Waals surface area contributed by atoms with E-state index in [9.17, 15) is 9.59 Å². The van der Waals surface area contributed by atoms with Gasteiger partial charge in [-0.3, -0.25) is 0 Å². The van der Waals surface area contributed by atoms with E-state index in [1.807, 2.05) is 13.8 Å². The number of aromatic carboxylic acids is 1. The predicted octanol–water partition coefficient (Wildman–Crippen LogP) is 2.24. The summed E-state index contributed by atoms with van der Waals surface area (Å²) in [6.07, 6.45) is 0. The van der Waals surface area contributed by atoms with Gasteiger partial charge in [-0.15, -0.1) is 0 Å². The van der Waals surface area contributed by atoms with Gasteiger partial charge in [-0.1, -0.05) is 6.07 Å². The highest BCUT2D eigenvalue weighted by molar-refractivity contribution is 5.95. The first-order valence-electron chi connectivity index (χ1n) is 6.43. The van der Waals surface area contributed by atoms with Crippen LogP contribution in [0.4, 0.5) is 10.5 Å². The van der Waals surface area contributed by atoms with Gasteiger partial charge in [0.2, 0.25) is 0 Å². The molecule has 0 aliphatic rings. The second kappa shape index (κ2) is 7.49. The summed E-state index contributed by atoms with van der Waals surface area (Å²) in [7, 11) is 0. The number of nitrogens with one attached hydrogen (secondary N) is 2. The molecule has 0 aliphatic carbocycles. The number of carboxylic acids is 1. The zero-order valence-corrected chi connectivity index (χ0v) is 11.9. The molecule has 1 aromatic carbocycles. The van der Waals surface area contributed by atoms with Gasteiger partial charge in [-0.25, -0.2) is 9.59 Å². The van der Waals surface area contributed by atoms with Crippen LogP contribution in [-0.2, 0) is 4.74 Å². The summed E-state index contributed by atoms with van der Waals surface area (Å²) >= 11 is 0. The summed E-state index contributed by atoms with van der Waals surface area (Å²) in [6, 6.07) is 4.24. The molecule has 0 spiro atoms. The van der Waals surface area contributed by atoms with E-state index < -0.39 is 5.97 Å². The molecule has 1 unspecified atom stereocenters. The number of carboxylic acid groups (broad SMARTS) is 1. The highest BCUT2D eigenvalue weighted by atomic mass is 16.5. The minimum Gasteiger partial charge on any atom is -0.478 e. The molecule has 0 heterocycles. The van der Waals surface area contributed by atoms with E-state index in [0.717, 1.165) is 0 Å². The lowest BCUT2D eigenvalue weighted by molar-refractivity contribution is 0.0696. The van der Waals surface area contributed by atoms with Crippen LogP contribution in [0, 0.1) is 6.92 Å². The smallest absolute Gasteiger partial charge is 0.336 e. The molecule has 20 heavy (non-hydrogen) atoms. The average Bonchev–Trinajstić information content (AvgIpc) is 2.38. The van der Waals surface area contributed by atoms with Gasteiger partial charge >= 0.3 is 12.0 Å². The summed E-state index contributed by atoms with van der Waals surface area (Å²) in [5.74, 6) is -1.02. The zero-order chi connectivity index (χ0) is 15.1. The van der Waals surface area contributed by atoms with Gasteiger partial charge in [-0.05, 0) is 38.5 Å². The molecular weight excluding hydrogens is 260 g/mol. The Labute approximate surface area is 118 Å². The van der Waals surface area contributed by atoms with E-state index in [1.54, 1.807) is 19.1 Å². The van der Waals surface area contributed by atoms with Crippen LogP contribution in [0.3, 0.4) is 0 Å². The molecule has 1 aromatic rings. The molecule has 1 atom stereocenters. The number of urea groups is 1. The molecule has 0 radical (unpaired) electrons. The highest BCUT2D eigenvalue weighted by Gasteiger charge is 2.13. The minimum absolute atomic E-state index is 0.127. The number of amides is 2. The second-order valence-electron chi connectivity index (χ2n) is 4.44. The number of hydrogen-bond donors (Lipinski definition) is 3. The van der Waals surface area contributed by atoms with Crippen LogP contribution in [-0.4, -0.2) is 36.4 Å². The molecule has 0 aromatic heterocycles. The van der Waals surface area contributed by atoms with E-state index >= 15 is 0 Å². The Morgan fingerprint density at radius 3 is 2.70 bits per heavy atom. The number of benzene rings is 1. The fraction of sp³-hybridized carbons (Fsp3) is 0.429. The number of ether oxygens (including phenoxy) is 1. The van der Waals surface area contributed by atoms with Gasteiger partial charge in [0.05, 0.1) is 18.2 Å². The summed E-state index contributed by atoms with van der Waals surface area (Å²) < 4.78 is 5.20. The van der Waals surface area contributed by atoms with Crippen molar-refractivity contribution in [2.75, 3.05) is 18.5 Å². The lowest BCUT2D eigenvalue weighted by Gasteiger charge is -2.15. The number of anilines is 1. The Kier molecular flexibility index (Phi) is 5.99. The summed E-state index contributed by atoms with van der Waals surface area (Å²) in [6.45, 7) is 6.39. The molecule has 3 N–H and O–H groups in total. The van der Waals surface area contributed by atoms with Gasteiger partial charge in [-0.2, -0.15) is 0 Å². The molecular formula is C14H20N2O4. The Balaban J connectivity index is 2.67. The van der Waals surface area contributed by atoms with Crippen LogP contribution >= 0.6 is 0 Å². The maximum atomic E-state index is 11.8. The summed E-state index contributed by atoms with van der Waals surface area (Å²) in [4.78, 5) is 22.8. The van der Waals surface area contributed by atoms with Crippen LogP contribution in [0.1, 0.15) is 29.8 Å². The van der Waals surface area contributed by atoms with Crippen LogP contribution in [0.15, 0.2) is 18.2 Å². The standard InChI is InChI=1S/C14H20N2O4/c1-4-20-8-9(2)15-14(19)16-12-7-5-6-11(10(12)3)13(17)18/h5-7,9H,4,8H2,1-3H3,(H,17,18)(H2,15,16,19). The van der Waals surface area contributed by atoms with E-state index in [-0.39, 0.29) is 17.6 Å². The van der Waals surface area contributed by atoms with Crippen molar-refractivity contribution < 1.29 is 19.4 Å². The minimum atomic E-state index is -1.02. The molecule has 110 valence electrons. The van der Waals surface area contributed by atoms with Crippen molar-refractivity contribution in [3.63, 3.8) is 0 Å². The normalized spacial score (nSPS) is 11.8. The van der Waals surface area contributed by atoms with E-state index in [1.165, 1.54) is 6.07 Å². The van der Waals surface area contributed by atoms with E-state index in [0.29, 0.717) is 24.5 Å². The average molecular weight is 280 g/mol.